The van der Waals surface area contributed by atoms with Crippen LogP contribution in [0.5, 0.6) is 0 Å². The van der Waals surface area contributed by atoms with Gasteiger partial charge < -0.3 is 10.6 Å². The lowest BCUT2D eigenvalue weighted by Gasteiger charge is -2.16. The van der Waals surface area contributed by atoms with E-state index in [0.717, 1.165) is 44.3 Å². The summed E-state index contributed by atoms with van der Waals surface area (Å²) in [5, 5.41) is 8.90. The van der Waals surface area contributed by atoms with Crippen LogP contribution in [0.3, 0.4) is 0 Å². The molecule has 0 saturated heterocycles. The van der Waals surface area contributed by atoms with Gasteiger partial charge in [-0.25, -0.2) is 19.9 Å². The van der Waals surface area contributed by atoms with E-state index in [0.29, 0.717) is 23.3 Å². The molecule has 0 radical (unpaired) electrons. The lowest BCUT2D eigenvalue weighted by Crippen LogP contribution is -2.04. The molecule has 2 N–H and O–H groups in total. The zero-order chi connectivity index (χ0) is 26.7. The summed E-state index contributed by atoms with van der Waals surface area (Å²) in [4.78, 5) is 23.9. The first kappa shape index (κ1) is 23.4. The summed E-state index contributed by atoms with van der Waals surface area (Å²) in [7, 11) is 0. The van der Waals surface area contributed by atoms with Crippen LogP contribution in [0.2, 0.25) is 0 Å². The molecule has 3 heterocycles. The predicted octanol–water partition coefficient (Wildman–Crippen LogP) is 7.79. The number of hydrogen-bond acceptors (Lipinski definition) is 7. The number of fused-ring (bicyclic) bond motifs is 2. The van der Waals surface area contributed by atoms with Gasteiger partial charge in [0, 0.05) is 28.1 Å². The fourth-order valence-electron chi connectivity index (χ4n) is 4.63. The summed E-state index contributed by atoms with van der Waals surface area (Å²) in [6, 6.07) is 37.8. The zero-order valence-electron chi connectivity index (χ0n) is 21.4. The normalized spacial score (nSPS) is 11.0. The van der Waals surface area contributed by atoms with Gasteiger partial charge in [0.1, 0.15) is 11.6 Å². The van der Waals surface area contributed by atoms with Gasteiger partial charge in [-0.3, -0.25) is 4.98 Å². The second-order valence-electron chi connectivity index (χ2n) is 9.23. The highest BCUT2D eigenvalue weighted by Gasteiger charge is 2.14. The highest BCUT2D eigenvalue weighted by atomic mass is 15.1. The average Bonchev–Trinajstić information content (AvgIpc) is 3.02. The standard InChI is InChI=1S/C33H23N7/c1-3-11-22(12-4-1)30-35-26-17-9-7-15-24(26)32(39-30)37-28-19-20-34-21-29(28)38-33-25-16-8-10-18-27(25)36-31(40-33)23-13-5-2-6-14-23/h1-21H,(H,36,38,40)(H,34,35,37,39). The summed E-state index contributed by atoms with van der Waals surface area (Å²) < 4.78 is 0. The molecule has 0 aliphatic rings. The molecule has 0 bridgehead atoms. The maximum absolute atomic E-state index is 4.92. The molecule has 40 heavy (non-hydrogen) atoms. The van der Waals surface area contributed by atoms with Crippen molar-refractivity contribution in [1.82, 2.24) is 24.9 Å². The van der Waals surface area contributed by atoms with Crippen molar-refractivity contribution in [3.63, 3.8) is 0 Å². The van der Waals surface area contributed by atoms with Crippen LogP contribution in [0.4, 0.5) is 23.0 Å². The van der Waals surface area contributed by atoms with Crippen molar-refractivity contribution < 1.29 is 0 Å². The summed E-state index contributed by atoms with van der Waals surface area (Å²) in [6.07, 6.45) is 3.53. The third kappa shape index (κ3) is 4.56. The minimum Gasteiger partial charge on any atom is -0.338 e. The van der Waals surface area contributed by atoms with Crippen molar-refractivity contribution in [3.8, 4) is 22.8 Å². The molecule has 0 spiro atoms. The Kier molecular flexibility index (Phi) is 5.99. The van der Waals surface area contributed by atoms with Gasteiger partial charge in [0.15, 0.2) is 11.6 Å². The van der Waals surface area contributed by atoms with E-state index >= 15 is 0 Å². The predicted molar refractivity (Wildman–Crippen MR) is 161 cm³/mol. The first-order chi connectivity index (χ1) is 19.8. The summed E-state index contributed by atoms with van der Waals surface area (Å²) in [5.41, 5.74) is 5.17. The van der Waals surface area contributed by atoms with Crippen molar-refractivity contribution in [2.75, 3.05) is 10.6 Å². The molecule has 0 atom stereocenters. The number of nitrogens with zero attached hydrogens (tertiary/aromatic N) is 5. The molecule has 0 saturated carbocycles. The number of aromatic nitrogens is 5. The summed E-state index contributed by atoms with van der Waals surface area (Å²) >= 11 is 0. The molecular weight excluding hydrogens is 494 g/mol. The minimum atomic E-state index is 0.648. The number of anilines is 4. The zero-order valence-corrected chi connectivity index (χ0v) is 21.4. The average molecular weight is 518 g/mol. The van der Waals surface area contributed by atoms with E-state index in [9.17, 15) is 0 Å². The van der Waals surface area contributed by atoms with Crippen LogP contribution >= 0.6 is 0 Å². The monoisotopic (exact) mass is 517 g/mol. The molecule has 7 nitrogen and oxygen atoms in total. The molecule has 0 unspecified atom stereocenters. The highest BCUT2D eigenvalue weighted by molar-refractivity contribution is 5.96. The van der Waals surface area contributed by atoms with Crippen LogP contribution in [0, 0.1) is 0 Å². The Morgan fingerprint density at radius 2 is 0.900 bits per heavy atom. The second kappa shape index (κ2) is 10.2. The summed E-state index contributed by atoms with van der Waals surface area (Å²) in [5.74, 6) is 2.70. The molecular formula is C33H23N7. The minimum absolute atomic E-state index is 0.648. The van der Waals surface area contributed by atoms with E-state index in [1.807, 2.05) is 115 Å². The van der Waals surface area contributed by atoms with Crippen molar-refractivity contribution in [2.45, 2.75) is 0 Å². The van der Waals surface area contributed by atoms with E-state index < -0.39 is 0 Å². The Hall–Kier alpha value is -5.69. The van der Waals surface area contributed by atoms with Crippen molar-refractivity contribution in [2.24, 2.45) is 0 Å². The van der Waals surface area contributed by atoms with Crippen molar-refractivity contribution in [1.29, 1.82) is 0 Å². The SMILES string of the molecule is c1ccc(-c2nc(Nc3ccncc3Nc3nc(-c4ccccc4)nc4ccccc34)c3ccccc3n2)cc1. The Morgan fingerprint density at radius 1 is 0.425 bits per heavy atom. The Balaban J connectivity index is 1.31. The maximum atomic E-state index is 4.92. The van der Waals surface area contributed by atoms with Crippen LogP contribution in [0.25, 0.3) is 44.6 Å². The van der Waals surface area contributed by atoms with Gasteiger partial charge in [-0.2, -0.15) is 0 Å². The van der Waals surface area contributed by atoms with E-state index in [-0.39, 0.29) is 0 Å². The fraction of sp³-hybridized carbons (Fsp3) is 0. The van der Waals surface area contributed by atoms with E-state index in [2.05, 4.69) is 15.6 Å². The fourth-order valence-corrected chi connectivity index (χ4v) is 4.63. The second-order valence-corrected chi connectivity index (χ2v) is 9.23. The molecule has 190 valence electrons. The van der Waals surface area contributed by atoms with Gasteiger partial charge in [0.25, 0.3) is 0 Å². The molecule has 7 aromatic rings. The molecule has 0 fully saturated rings. The van der Waals surface area contributed by atoms with Crippen LogP contribution < -0.4 is 10.6 Å². The summed E-state index contributed by atoms with van der Waals surface area (Å²) in [6.45, 7) is 0. The van der Waals surface area contributed by atoms with Gasteiger partial charge in [-0.15, -0.1) is 0 Å². The number of nitrogens with one attached hydrogen (secondary N) is 2. The van der Waals surface area contributed by atoms with Crippen LogP contribution in [0.15, 0.2) is 128 Å². The molecule has 0 aliphatic heterocycles. The molecule has 0 amide bonds. The molecule has 7 heteroatoms. The van der Waals surface area contributed by atoms with E-state index in [1.165, 1.54) is 0 Å². The molecule has 0 aliphatic carbocycles. The number of para-hydroxylation sites is 2. The largest absolute Gasteiger partial charge is 0.338 e. The van der Waals surface area contributed by atoms with E-state index in [4.69, 9.17) is 19.9 Å². The first-order valence-electron chi connectivity index (χ1n) is 12.9. The van der Waals surface area contributed by atoms with Crippen LogP contribution in [0.1, 0.15) is 0 Å². The third-order valence-corrected chi connectivity index (χ3v) is 6.60. The number of rotatable bonds is 6. The van der Waals surface area contributed by atoms with Gasteiger partial charge in [0.2, 0.25) is 0 Å². The first-order valence-corrected chi connectivity index (χ1v) is 12.9. The van der Waals surface area contributed by atoms with Gasteiger partial charge in [-0.1, -0.05) is 84.9 Å². The number of hydrogen-bond donors (Lipinski definition) is 2. The van der Waals surface area contributed by atoms with Gasteiger partial charge in [0.05, 0.1) is 28.6 Å². The van der Waals surface area contributed by atoms with E-state index in [1.54, 1.807) is 12.4 Å². The van der Waals surface area contributed by atoms with Gasteiger partial charge >= 0.3 is 0 Å². The quantitative estimate of drug-likeness (QED) is 0.233. The Morgan fingerprint density at radius 3 is 1.45 bits per heavy atom. The van der Waals surface area contributed by atoms with Crippen LogP contribution in [-0.2, 0) is 0 Å². The van der Waals surface area contributed by atoms with Crippen molar-refractivity contribution >= 4 is 44.8 Å². The third-order valence-electron chi connectivity index (χ3n) is 6.60. The Bertz CT molecular complexity index is 1810. The number of benzene rings is 4. The van der Waals surface area contributed by atoms with Gasteiger partial charge in [-0.05, 0) is 30.3 Å². The molecule has 4 aromatic carbocycles. The topological polar surface area (TPSA) is 88.5 Å². The Labute approximate surface area is 230 Å². The molecule has 7 rings (SSSR count). The van der Waals surface area contributed by atoms with Crippen LogP contribution in [-0.4, -0.2) is 24.9 Å². The lowest BCUT2D eigenvalue weighted by atomic mass is 10.1. The van der Waals surface area contributed by atoms with Crippen molar-refractivity contribution in [3.05, 3.63) is 128 Å². The number of pyridine rings is 1. The molecule has 3 aromatic heterocycles. The smallest absolute Gasteiger partial charge is 0.162 e. The maximum Gasteiger partial charge on any atom is 0.162 e. The highest BCUT2D eigenvalue weighted by Crippen LogP contribution is 2.33. The lowest BCUT2D eigenvalue weighted by molar-refractivity contribution is 1.21.